The third-order valence-electron chi connectivity index (χ3n) is 5.54. The highest BCUT2D eigenvalue weighted by Crippen LogP contribution is 2.32. The molecular weight excluding hydrogens is 538 g/mol. The Bertz CT molecular complexity index is 1440. The molecule has 0 saturated carbocycles. The van der Waals surface area contributed by atoms with Crippen LogP contribution in [0, 0.1) is 11.3 Å². The van der Waals surface area contributed by atoms with Gasteiger partial charge in [-0.1, -0.05) is 29.3 Å². The fourth-order valence-corrected chi connectivity index (χ4v) is 5.61. The molecular formula is C23H18Cl2F3N5O2S. The molecule has 1 N–H and O–H groups in total. The quantitative estimate of drug-likeness (QED) is 0.453. The highest BCUT2D eigenvalue weighted by molar-refractivity contribution is 7.92. The minimum absolute atomic E-state index is 0.0567. The zero-order valence-electron chi connectivity index (χ0n) is 18.4. The Labute approximate surface area is 215 Å². The average molecular weight is 556 g/mol. The van der Waals surface area contributed by atoms with Crippen molar-refractivity contribution < 1.29 is 21.6 Å². The molecule has 1 fully saturated rings. The maximum Gasteiger partial charge on any atom is 0.416 e. The molecule has 0 spiro atoms. The summed E-state index contributed by atoms with van der Waals surface area (Å²) in [6.07, 6.45) is -3.14. The lowest BCUT2D eigenvalue weighted by atomic mass is 10.1. The molecule has 4 rings (SSSR count). The van der Waals surface area contributed by atoms with Crippen molar-refractivity contribution in [3.8, 4) is 6.07 Å². The number of nitrogens with zero attached hydrogens (tertiary/aromatic N) is 4. The summed E-state index contributed by atoms with van der Waals surface area (Å²) in [6, 6.07) is 12.5. The lowest BCUT2D eigenvalue weighted by molar-refractivity contribution is -0.137. The normalized spacial score (nSPS) is 14.4. The highest BCUT2D eigenvalue weighted by atomic mass is 35.5. The minimum atomic E-state index is -4.42. The molecule has 36 heavy (non-hydrogen) atoms. The maximum atomic E-state index is 13.0. The number of nitriles is 1. The van der Waals surface area contributed by atoms with Crippen LogP contribution >= 0.6 is 23.2 Å². The summed E-state index contributed by atoms with van der Waals surface area (Å²) in [5.41, 5.74) is -0.0359. The van der Waals surface area contributed by atoms with Gasteiger partial charge in [0.15, 0.2) is 0 Å². The Morgan fingerprint density at radius 2 is 1.69 bits per heavy atom. The monoisotopic (exact) mass is 555 g/mol. The van der Waals surface area contributed by atoms with Crippen LogP contribution in [-0.2, 0) is 16.2 Å². The number of hydrogen-bond acceptors (Lipinski definition) is 6. The largest absolute Gasteiger partial charge is 0.416 e. The van der Waals surface area contributed by atoms with Gasteiger partial charge in [-0.2, -0.15) is 18.4 Å². The van der Waals surface area contributed by atoms with E-state index in [1.807, 2.05) is 15.9 Å². The van der Waals surface area contributed by atoms with Crippen LogP contribution in [0.25, 0.3) is 0 Å². The first-order valence-electron chi connectivity index (χ1n) is 10.5. The standard InChI is InChI=1S/C23H18Cl2F3N5O2S/c24-17-4-5-21(20(25)12-17)36(34,35)31-18-10-15(13-29)22(30-14-18)33-8-6-32(7-9-33)19-3-1-2-16(11-19)23(26,27)28/h1-5,10-12,14,31H,6-9H2. The molecule has 1 saturated heterocycles. The fraction of sp³-hybridized carbons (Fsp3) is 0.217. The number of piperazine rings is 1. The summed E-state index contributed by atoms with van der Waals surface area (Å²) in [5, 5.41) is 9.88. The van der Waals surface area contributed by atoms with Gasteiger partial charge < -0.3 is 9.80 Å². The van der Waals surface area contributed by atoms with Gasteiger partial charge in [0, 0.05) is 36.9 Å². The maximum absolute atomic E-state index is 13.0. The van der Waals surface area contributed by atoms with Gasteiger partial charge in [0.25, 0.3) is 10.0 Å². The number of anilines is 3. The number of aromatic nitrogens is 1. The van der Waals surface area contributed by atoms with E-state index in [-0.39, 0.29) is 26.2 Å². The second-order valence-electron chi connectivity index (χ2n) is 7.91. The predicted molar refractivity (Wildman–Crippen MR) is 132 cm³/mol. The van der Waals surface area contributed by atoms with Crippen molar-refractivity contribution in [3.05, 3.63) is 75.9 Å². The molecule has 1 aromatic heterocycles. The third kappa shape index (κ3) is 5.61. The van der Waals surface area contributed by atoms with Crippen LogP contribution in [0.4, 0.5) is 30.4 Å². The van der Waals surface area contributed by atoms with Gasteiger partial charge in [-0.05, 0) is 42.5 Å². The number of alkyl halides is 3. The Morgan fingerprint density at radius 1 is 1.00 bits per heavy atom. The summed E-state index contributed by atoms with van der Waals surface area (Å²) >= 11 is 11.8. The van der Waals surface area contributed by atoms with Gasteiger partial charge >= 0.3 is 6.18 Å². The molecule has 1 aliphatic rings. The van der Waals surface area contributed by atoms with E-state index in [1.54, 1.807) is 6.07 Å². The molecule has 0 bridgehead atoms. The zero-order chi connectivity index (χ0) is 26.1. The summed E-state index contributed by atoms with van der Waals surface area (Å²) in [4.78, 5) is 7.77. The summed E-state index contributed by atoms with van der Waals surface area (Å²) in [7, 11) is -4.07. The van der Waals surface area contributed by atoms with Crippen molar-refractivity contribution >= 4 is 50.4 Å². The van der Waals surface area contributed by atoms with E-state index >= 15 is 0 Å². The molecule has 1 aliphatic heterocycles. The van der Waals surface area contributed by atoms with Gasteiger partial charge in [-0.15, -0.1) is 0 Å². The predicted octanol–water partition coefficient (Wildman–Crippen LogP) is 5.41. The Hall–Kier alpha value is -3.20. The summed E-state index contributed by atoms with van der Waals surface area (Å²) < 4.78 is 67.0. The van der Waals surface area contributed by atoms with Gasteiger partial charge in [0.05, 0.1) is 28.0 Å². The third-order valence-corrected chi connectivity index (χ3v) is 7.64. The average Bonchev–Trinajstić information content (AvgIpc) is 2.83. The molecule has 13 heteroatoms. The second kappa shape index (κ2) is 10.0. The first-order valence-corrected chi connectivity index (χ1v) is 12.8. The smallest absolute Gasteiger partial charge is 0.368 e. The van der Waals surface area contributed by atoms with Crippen LogP contribution in [0.15, 0.2) is 59.6 Å². The van der Waals surface area contributed by atoms with E-state index in [1.165, 1.54) is 36.5 Å². The van der Waals surface area contributed by atoms with Crippen molar-refractivity contribution in [2.75, 3.05) is 40.7 Å². The van der Waals surface area contributed by atoms with Crippen molar-refractivity contribution in [1.82, 2.24) is 4.98 Å². The molecule has 0 unspecified atom stereocenters. The molecule has 0 atom stereocenters. The zero-order valence-corrected chi connectivity index (χ0v) is 20.8. The number of benzene rings is 2. The van der Waals surface area contributed by atoms with E-state index in [0.717, 1.165) is 12.1 Å². The highest BCUT2D eigenvalue weighted by Gasteiger charge is 2.31. The van der Waals surface area contributed by atoms with Crippen LogP contribution in [-0.4, -0.2) is 39.6 Å². The number of nitrogens with one attached hydrogen (secondary N) is 1. The van der Waals surface area contributed by atoms with Crippen LogP contribution in [0.1, 0.15) is 11.1 Å². The SMILES string of the molecule is N#Cc1cc(NS(=O)(=O)c2ccc(Cl)cc2Cl)cnc1N1CCN(c2cccc(C(F)(F)F)c2)CC1. The van der Waals surface area contributed by atoms with Crippen molar-refractivity contribution in [1.29, 1.82) is 5.26 Å². The summed E-state index contributed by atoms with van der Waals surface area (Å²) in [5.74, 6) is 0.355. The minimum Gasteiger partial charge on any atom is -0.368 e. The second-order valence-corrected chi connectivity index (χ2v) is 10.4. The van der Waals surface area contributed by atoms with Crippen LogP contribution in [0.3, 0.4) is 0 Å². The lowest BCUT2D eigenvalue weighted by Gasteiger charge is -2.37. The van der Waals surface area contributed by atoms with Gasteiger partial charge in [0.2, 0.25) is 0 Å². The van der Waals surface area contributed by atoms with Crippen molar-refractivity contribution in [3.63, 3.8) is 0 Å². The van der Waals surface area contributed by atoms with E-state index < -0.39 is 21.8 Å². The van der Waals surface area contributed by atoms with Gasteiger partial charge in [-0.25, -0.2) is 13.4 Å². The first kappa shape index (κ1) is 25.9. The number of sulfonamides is 1. The molecule has 2 aromatic carbocycles. The molecule has 0 aliphatic carbocycles. The van der Waals surface area contributed by atoms with Gasteiger partial charge in [0.1, 0.15) is 16.8 Å². The Kier molecular flexibility index (Phi) is 7.22. The van der Waals surface area contributed by atoms with Crippen LogP contribution < -0.4 is 14.5 Å². The van der Waals surface area contributed by atoms with E-state index in [2.05, 4.69) is 9.71 Å². The fourth-order valence-electron chi connectivity index (χ4n) is 3.81. The van der Waals surface area contributed by atoms with E-state index in [0.29, 0.717) is 37.7 Å². The van der Waals surface area contributed by atoms with Crippen molar-refractivity contribution in [2.45, 2.75) is 11.1 Å². The molecule has 7 nitrogen and oxygen atoms in total. The first-order chi connectivity index (χ1) is 17.0. The number of hydrogen-bond donors (Lipinski definition) is 1. The molecule has 0 amide bonds. The van der Waals surface area contributed by atoms with E-state index in [4.69, 9.17) is 23.2 Å². The van der Waals surface area contributed by atoms with Crippen LogP contribution in [0.5, 0.6) is 0 Å². The Balaban J connectivity index is 1.49. The number of rotatable bonds is 5. The van der Waals surface area contributed by atoms with Crippen molar-refractivity contribution in [2.24, 2.45) is 0 Å². The summed E-state index contributed by atoms with van der Waals surface area (Å²) in [6.45, 7) is 1.64. The molecule has 2 heterocycles. The Morgan fingerprint density at radius 3 is 2.33 bits per heavy atom. The molecule has 3 aromatic rings. The number of pyridine rings is 1. The van der Waals surface area contributed by atoms with E-state index in [9.17, 15) is 26.9 Å². The lowest BCUT2D eigenvalue weighted by Crippen LogP contribution is -2.47. The molecule has 188 valence electrons. The van der Waals surface area contributed by atoms with Crippen LogP contribution in [0.2, 0.25) is 10.0 Å². The number of halogens is 5. The van der Waals surface area contributed by atoms with Gasteiger partial charge in [-0.3, -0.25) is 4.72 Å². The topological polar surface area (TPSA) is 89.3 Å². The molecule has 0 radical (unpaired) electrons.